The summed E-state index contributed by atoms with van der Waals surface area (Å²) in [5, 5.41) is 0.525. The van der Waals surface area contributed by atoms with Gasteiger partial charge in [0.15, 0.2) is 6.61 Å². The molecule has 1 amide bonds. The van der Waals surface area contributed by atoms with Gasteiger partial charge in [0.2, 0.25) is 0 Å². The van der Waals surface area contributed by atoms with Crippen LogP contribution in [0.3, 0.4) is 0 Å². The van der Waals surface area contributed by atoms with Gasteiger partial charge in [-0.3, -0.25) is 4.79 Å². The molecule has 5 rings (SSSR count). The second-order valence-corrected chi connectivity index (χ2v) is 10.7. The molecule has 0 saturated carbocycles. The van der Waals surface area contributed by atoms with E-state index >= 15 is 0 Å². The Morgan fingerprint density at radius 1 is 1.03 bits per heavy atom. The van der Waals surface area contributed by atoms with Gasteiger partial charge in [-0.05, 0) is 56.5 Å². The molecule has 0 radical (unpaired) electrons. The smallest absolute Gasteiger partial charge is 0.274 e. The molecule has 5 heteroatoms. The molecule has 0 unspecified atom stereocenters. The summed E-state index contributed by atoms with van der Waals surface area (Å²) < 4.78 is 6.94. The number of carbonyl (C=O) groups excluding carboxylic acids is 1. The molecule has 0 aliphatic carbocycles. The number of aryl methyl sites for hydroxylation is 1. The molecule has 4 nitrogen and oxygen atoms in total. The van der Waals surface area contributed by atoms with Gasteiger partial charge in [0.1, 0.15) is 0 Å². The van der Waals surface area contributed by atoms with Crippen molar-refractivity contribution in [3.63, 3.8) is 0 Å². The van der Waals surface area contributed by atoms with Crippen molar-refractivity contribution in [3.05, 3.63) is 89.5 Å². The molecular weight excluding hydrogens is 428 g/mol. The number of fused-ring (bicyclic) bond motifs is 2. The monoisotopic (exact) mass is 456 g/mol. The van der Waals surface area contributed by atoms with Crippen molar-refractivity contribution in [2.45, 2.75) is 45.1 Å². The summed E-state index contributed by atoms with van der Waals surface area (Å²) in [5.41, 5.74) is 4.95. The topological polar surface area (TPSA) is 42.4 Å². The van der Waals surface area contributed by atoms with Crippen LogP contribution in [0, 0.1) is 6.92 Å². The van der Waals surface area contributed by atoms with E-state index in [0.29, 0.717) is 5.19 Å². The minimum Gasteiger partial charge on any atom is -0.460 e. The van der Waals surface area contributed by atoms with Gasteiger partial charge in [-0.25, -0.2) is 4.98 Å². The number of rotatable bonds is 4. The molecule has 1 aromatic heterocycles. The number of anilines is 1. The molecule has 0 fully saturated rings. The van der Waals surface area contributed by atoms with Crippen molar-refractivity contribution in [1.82, 2.24) is 4.98 Å². The van der Waals surface area contributed by atoms with Gasteiger partial charge in [0.25, 0.3) is 11.1 Å². The number of benzene rings is 3. The van der Waals surface area contributed by atoms with Crippen LogP contribution >= 0.6 is 11.3 Å². The summed E-state index contributed by atoms with van der Waals surface area (Å²) in [5.74, 6) is -0.0574. The lowest BCUT2D eigenvalue weighted by Crippen LogP contribution is -2.57. The predicted octanol–water partition coefficient (Wildman–Crippen LogP) is 6.51. The first kappa shape index (κ1) is 21.7. The molecule has 0 bridgehead atoms. The number of ether oxygens (including phenoxy) is 1. The molecule has 0 N–H and O–H groups in total. The Hall–Kier alpha value is -3.18. The summed E-state index contributed by atoms with van der Waals surface area (Å²) in [7, 11) is 0. The van der Waals surface area contributed by atoms with E-state index < -0.39 is 0 Å². The van der Waals surface area contributed by atoms with E-state index in [1.165, 1.54) is 28.0 Å². The first-order valence-electron chi connectivity index (χ1n) is 11.3. The SMILES string of the molecule is Cc1cccc([C@]2(C)CC(C)(C)N(C(=O)COc3nc4ccccc4s3)c3ccccc32)c1. The molecule has 4 aromatic rings. The lowest BCUT2D eigenvalue weighted by atomic mass is 9.65. The summed E-state index contributed by atoms with van der Waals surface area (Å²) in [6.07, 6.45) is 0.813. The Morgan fingerprint density at radius 2 is 1.79 bits per heavy atom. The van der Waals surface area contributed by atoms with Crippen LogP contribution in [0.1, 0.15) is 43.9 Å². The van der Waals surface area contributed by atoms with E-state index in [9.17, 15) is 4.79 Å². The predicted molar refractivity (Wildman–Crippen MR) is 135 cm³/mol. The third kappa shape index (κ3) is 3.80. The average molecular weight is 457 g/mol. The molecule has 33 heavy (non-hydrogen) atoms. The molecule has 168 valence electrons. The molecule has 1 aliphatic heterocycles. The standard InChI is InChI=1S/C28H28N2O2S/c1-19-10-9-11-20(16-19)28(4)18-27(2,3)30(23-14-7-5-12-21(23)28)25(31)17-32-26-29-22-13-6-8-15-24(22)33-26/h5-16H,17-18H2,1-4H3/t28-/m0/s1. The zero-order valence-corrected chi connectivity index (χ0v) is 20.3. The third-order valence-corrected chi connectivity index (χ3v) is 7.58. The number of hydrogen-bond acceptors (Lipinski definition) is 4. The quantitative estimate of drug-likeness (QED) is 0.352. The Labute approximate surface area is 198 Å². The number of nitrogens with zero attached hydrogens (tertiary/aromatic N) is 2. The minimum atomic E-state index is -0.388. The van der Waals surface area contributed by atoms with Crippen molar-refractivity contribution in [3.8, 4) is 5.19 Å². The summed E-state index contributed by atoms with van der Waals surface area (Å²) >= 11 is 1.47. The van der Waals surface area contributed by atoms with Gasteiger partial charge in [-0.15, -0.1) is 0 Å². The van der Waals surface area contributed by atoms with E-state index in [0.717, 1.165) is 22.3 Å². The van der Waals surface area contributed by atoms with Gasteiger partial charge in [0, 0.05) is 16.6 Å². The first-order chi connectivity index (χ1) is 15.8. The van der Waals surface area contributed by atoms with Crippen LogP contribution in [0.15, 0.2) is 72.8 Å². The highest BCUT2D eigenvalue weighted by Gasteiger charge is 2.47. The van der Waals surface area contributed by atoms with Gasteiger partial charge in [-0.2, -0.15) is 0 Å². The molecule has 3 aromatic carbocycles. The summed E-state index contributed by atoms with van der Waals surface area (Å²) in [4.78, 5) is 20.0. The zero-order valence-electron chi connectivity index (χ0n) is 19.5. The van der Waals surface area contributed by atoms with Crippen LogP contribution in [0.5, 0.6) is 5.19 Å². The maximum Gasteiger partial charge on any atom is 0.274 e. The van der Waals surface area contributed by atoms with E-state index in [1.807, 2.05) is 35.2 Å². The van der Waals surface area contributed by atoms with Crippen molar-refractivity contribution in [2.24, 2.45) is 0 Å². The number of aromatic nitrogens is 1. The zero-order chi connectivity index (χ0) is 23.2. The Morgan fingerprint density at radius 3 is 2.58 bits per heavy atom. The third-order valence-electron chi connectivity index (χ3n) is 6.63. The number of para-hydroxylation sites is 2. The summed E-state index contributed by atoms with van der Waals surface area (Å²) in [6, 6.07) is 24.9. The van der Waals surface area contributed by atoms with Crippen LogP contribution in [0.25, 0.3) is 10.2 Å². The van der Waals surface area contributed by atoms with Crippen LogP contribution in [-0.4, -0.2) is 23.0 Å². The number of amides is 1. The molecular formula is C28H28N2O2S. The number of carbonyl (C=O) groups is 1. The highest BCUT2D eigenvalue weighted by molar-refractivity contribution is 7.20. The largest absolute Gasteiger partial charge is 0.460 e. The van der Waals surface area contributed by atoms with Gasteiger partial charge >= 0.3 is 0 Å². The molecule has 2 heterocycles. The van der Waals surface area contributed by atoms with E-state index in [4.69, 9.17) is 4.74 Å². The Bertz CT molecular complexity index is 1310. The minimum absolute atomic E-state index is 0.0429. The molecule has 1 aliphatic rings. The van der Waals surface area contributed by atoms with Crippen molar-refractivity contribution in [1.29, 1.82) is 0 Å². The Balaban J connectivity index is 1.48. The first-order valence-corrected chi connectivity index (χ1v) is 12.1. The number of hydrogen-bond donors (Lipinski definition) is 0. The van der Waals surface area contributed by atoms with Gasteiger partial charge in [0.05, 0.1) is 10.2 Å². The molecule has 0 saturated heterocycles. The second kappa shape index (κ2) is 7.99. The lowest BCUT2D eigenvalue weighted by Gasteiger charge is -2.51. The van der Waals surface area contributed by atoms with Crippen LogP contribution in [0.2, 0.25) is 0 Å². The maximum atomic E-state index is 13.5. The van der Waals surface area contributed by atoms with Crippen molar-refractivity contribution < 1.29 is 9.53 Å². The summed E-state index contributed by atoms with van der Waals surface area (Å²) in [6.45, 7) is 8.67. The van der Waals surface area contributed by atoms with Gasteiger partial charge < -0.3 is 9.64 Å². The van der Waals surface area contributed by atoms with Crippen LogP contribution in [0.4, 0.5) is 5.69 Å². The van der Waals surface area contributed by atoms with Crippen molar-refractivity contribution >= 4 is 33.1 Å². The maximum absolute atomic E-state index is 13.5. The van der Waals surface area contributed by atoms with E-state index in [1.54, 1.807) is 0 Å². The van der Waals surface area contributed by atoms with Crippen LogP contribution in [-0.2, 0) is 10.2 Å². The fraction of sp³-hybridized carbons (Fsp3) is 0.286. The normalized spacial score (nSPS) is 19.3. The second-order valence-electron chi connectivity index (χ2n) is 9.67. The number of thiazole rings is 1. The van der Waals surface area contributed by atoms with Crippen LogP contribution < -0.4 is 9.64 Å². The highest BCUT2D eigenvalue weighted by Crippen LogP contribution is 2.50. The lowest BCUT2D eigenvalue weighted by molar-refractivity contribution is -0.121. The Kier molecular flexibility index (Phi) is 5.25. The molecule has 0 spiro atoms. The molecule has 1 atom stereocenters. The van der Waals surface area contributed by atoms with Crippen molar-refractivity contribution in [2.75, 3.05) is 11.5 Å². The highest BCUT2D eigenvalue weighted by atomic mass is 32.1. The fourth-order valence-electron chi connectivity index (χ4n) is 5.32. The average Bonchev–Trinajstić information content (AvgIpc) is 3.20. The van der Waals surface area contributed by atoms with Gasteiger partial charge in [-0.1, -0.05) is 78.4 Å². The van der Waals surface area contributed by atoms with E-state index in [2.05, 4.69) is 75.1 Å². The van der Waals surface area contributed by atoms with E-state index in [-0.39, 0.29) is 23.5 Å². The fourth-order valence-corrected chi connectivity index (χ4v) is 6.13.